The van der Waals surface area contributed by atoms with E-state index in [4.69, 9.17) is 21.1 Å². The van der Waals surface area contributed by atoms with Gasteiger partial charge >= 0.3 is 0 Å². The second-order valence-electron chi connectivity index (χ2n) is 17.3. The number of anilines is 2. The molecule has 3 amide bonds. The third kappa shape index (κ3) is 12.4. The van der Waals surface area contributed by atoms with E-state index in [1.54, 1.807) is 37.3 Å². The molecule has 14 nitrogen and oxygen atoms in total. The van der Waals surface area contributed by atoms with Crippen LogP contribution in [0, 0.1) is 18.8 Å². The molecule has 63 heavy (non-hydrogen) atoms. The maximum Gasteiger partial charge on any atom is 0.258 e. The fourth-order valence-corrected chi connectivity index (χ4v) is 10.2. The number of ether oxygens (including phenoxy) is 2. The van der Waals surface area contributed by atoms with Crippen molar-refractivity contribution in [1.82, 2.24) is 30.5 Å². The molecule has 0 radical (unpaired) electrons. The summed E-state index contributed by atoms with van der Waals surface area (Å²) in [5, 5.41) is 22.9. The normalized spacial score (nSPS) is 21.8. The Bertz CT molecular complexity index is 2160. The molecule has 6 rings (SSSR count). The van der Waals surface area contributed by atoms with Crippen molar-refractivity contribution < 1.29 is 33.4 Å². The molecule has 1 aliphatic heterocycles. The lowest BCUT2D eigenvalue weighted by molar-refractivity contribution is -0.143. The number of likely N-dealkylation sites (tertiary alicyclic amines) is 1. The summed E-state index contributed by atoms with van der Waals surface area (Å²) in [5.74, 6) is 1.91. The lowest BCUT2D eigenvalue weighted by Crippen LogP contribution is -2.61. The van der Waals surface area contributed by atoms with Gasteiger partial charge in [0, 0.05) is 37.4 Å². The van der Waals surface area contributed by atoms with Gasteiger partial charge in [-0.3, -0.25) is 14.4 Å². The van der Waals surface area contributed by atoms with Gasteiger partial charge in [0.25, 0.3) is 5.91 Å². The van der Waals surface area contributed by atoms with E-state index in [9.17, 15) is 19.5 Å². The summed E-state index contributed by atoms with van der Waals surface area (Å²) in [6.07, 6.45) is 6.56. The van der Waals surface area contributed by atoms with Gasteiger partial charge in [0.15, 0.2) is 5.67 Å². The van der Waals surface area contributed by atoms with Crippen LogP contribution in [0.15, 0.2) is 59.3 Å². The second-order valence-corrected chi connectivity index (χ2v) is 20.2. The number of aromatic nitrogens is 3. The fourth-order valence-electron chi connectivity index (χ4n) is 7.87. The number of aliphatic hydroxyl groups is 1. The zero-order chi connectivity index (χ0) is 45.5. The van der Waals surface area contributed by atoms with Crippen LogP contribution in [-0.2, 0) is 30.4 Å². The van der Waals surface area contributed by atoms with Crippen LogP contribution in [0.25, 0.3) is 10.4 Å². The van der Waals surface area contributed by atoms with Crippen molar-refractivity contribution in [2.24, 2.45) is 11.8 Å². The smallest absolute Gasteiger partial charge is 0.258 e. The Morgan fingerprint density at radius 3 is 2.46 bits per heavy atom. The molecule has 1 saturated heterocycles. The fraction of sp³-hybridized carbons (Fsp3) is 0.556. The van der Waals surface area contributed by atoms with Crippen LogP contribution in [0.2, 0.25) is 5.02 Å². The molecule has 3 aliphatic rings. The van der Waals surface area contributed by atoms with Crippen LogP contribution in [0.1, 0.15) is 83.9 Å². The van der Waals surface area contributed by atoms with Gasteiger partial charge in [0.1, 0.15) is 28.7 Å². The van der Waals surface area contributed by atoms with E-state index >= 15 is 4.39 Å². The summed E-state index contributed by atoms with van der Waals surface area (Å²) >= 11 is 9.26. The molecule has 0 spiro atoms. The predicted octanol–water partition coefficient (Wildman–Crippen LogP) is 7.40. The quantitative estimate of drug-likeness (QED) is 0.0595. The second kappa shape index (κ2) is 21.0. The molecule has 2 saturated carbocycles. The molecule has 1 aromatic carbocycles. The number of methoxy groups -OCH3 is 1. The first-order valence-electron chi connectivity index (χ1n) is 21.4. The molecule has 2 aliphatic carbocycles. The number of amides is 3. The number of alkyl halides is 1. The summed E-state index contributed by atoms with van der Waals surface area (Å²) in [7, 11) is 3.32. The first-order chi connectivity index (χ1) is 30.0. The molecule has 3 heterocycles. The highest BCUT2D eigenvalue weighted by atomic mass is 35.5. The molecule has 2 aromatic heterocycles. The van der Waals surface area contributed by atoms with Crippen molar-refractivity contribution in [2.45, 2.75) is 115 Å². The molecule has 3 fully saturated rings. The average molecular weight is 928 g/mol. The third-order valence-corrected chi connectivity index (χ3v) is 14.9. The Labute approximate surface area is 382 Å². The zero-order valence-corrected chi connectivity index (χ0v) is 39.4. The number of nitrogens with zero attached hydrogens (tertiary/aromatic N) is 4. The van der Waals surface area contributed by atoms with Crippen LogP contribution < -0.4 is 21.3 Å². The van der Waals surface area contributed by atoms with E-state index < -0.39 is 46.3 Å². The van der Waals surface area contributed by atoms with Crippen molar-refractivity contribution in [3.05, 3.63) is 75.5 Å². The van der Waals surface area contributed by atoms with E-state index in [1.807, 2.05) is 70.5 Å². The van der Waals surface area contributed by atoms with E-state index in [1.165, 1.54) is 11.1 Å². The lowest BCUT2D eigenvalue weighted by Gasteiger charge is -2.38. The van der Waals surface area contributed by atoms with Gasteiger partial charge in [-0.05, 0) is 102 Å². The first kappa shape index (κ1) is 48.0. The molecular weight excluding hydrogens is 867 g/mol. The third-order valence-electron chi connectivity index (χ3n) is 12.0. The number of aliphatic hydroxyl groups excluding tert-OH is 1. The minimum Gasteiger partial charge on any atom is -0.498 e. The number of hydrogen-bond acceptors (Lipinski definition) is 13. The van der Waals surface area contributed by atoms with Crippen LogP contribution >= 0.6 is 34.7 Å². The van der Waals surface area contributed by atoms with E-state index in [2.05, 4.69) is 36.2 Å². The monoisotopic (exact) mass is 926 g/mol. The Balaban J connectivity index is 1.02. The first-order valence-corrected chi connectivity index (χ1v) is 23.7. The highest BCUT2D eigenvalue weighted by Crippen LogP contribution is 2.42. The SMILES string of the molecule is CNc1nc(N/C(C)=C(/C=C(\C)OCC2CCC(CSC(C)(C)C(NC(=O)C3(F)CC3)C(=O)N3C[C@H](O)C[C@H]3C(=O)NCc3ccc(-c4scnc4C)cc3)CC2)OC)ncc1Cl. The summed E-state index contributed by atoms with van der Waals surface area (Å²) in [6, 6.07) is 5.78. The maximum absolute atomic E-state index is 15.1. The number of nitrogens with one attached hydrogen (secondary N) is 4. The zero-order valence-electron chi connectivity index (χ0n) is 37.1. The van der Waals surface area contributed by atoms with Crippen molar-refractivity contribution in [3.63, 3.8) is 0 Å². The van der Waals surface area contributed by atoms with Crippen molar-refractivity contribution in [1.29, 1.82) is 0 Å². The van der Waals surface area contributed by atoms with Gasteiger partial charge in [-0.1, -0.05) is 35.9 Å². The van der Waals surface area contributed by atoms with Crippen LogP contribution in [0.5, 0.6) is 0 Å². The topological polar surface area (TPSA) is 180 Å². The van der Waals surface area contributed by atoms with Gasteiger partial charge in [-0.15, -0.1) is 11.3 Å². The number of rotatable bonds is 19. The van der Waals surface area contributed by atoms with Crippen molar-refractivity contribution in [3.8, 4) is 10.4 Å². The Morgan fingerprint density at radius 1 is 1.13 bits per heavy atom. The molecule has 0 bridgehead atoms. The van der Waals surface area contributed by atoms with Crippen molar-refractivity contribution >= 4 is 64.2 Å². The van der Waals surface area contributed by atoms with Gasteiger partial charge < -0.3 is 40.7 Å². The van der Waals surface area contributed by atoms with Gasteiger partial charge in [0.2, 0.25) is 17.8 Å². The van der Waals surface area contributed by atoms with Crippen LogP contribution in [-0.4, -0.2) is 104 Å². The number of benzene rings is 1. The van der Waals surface area contributed by atoms with E-state index in [0.29, 0.717) is 52.4 Å². The van der Waals surface area contributed by atoms with Crippen LogP contribution in [0.4, 0.5) is 16.2 Å². The maximum atomic E-state index is 15.1. The van der Waals surface area contributed by atoms with Gasteiger partial charge in [0.05, 0.1) is 53.6 Å². The Kier molecular flexibility index (Phi) is 16.0. The highest BCUT2D eigenvalue weighted by Gasteiger charge is 2.54. The summed E-state index contributed by atoms with van der Waals surface area (Å²) in [5.41, 5.74) is 3.39. The largest absolute Gasteiger partial charge is 0.498 e. The van der Waals surface area contributed by atoms with Gasteiger partial charge in [-0.2, -0.15) is 16.7 Å². The molecular formula is C45H60ClFN8O6S2. The van der Waals surface area contributed by atoms with Gasteiger partial charge in [-0.25, -0.2) is 14.4 Å². The number of allylic oxidation sites excluding steroid dienone is 3. The number of thiazole rings is 1. The Hall–Kier alpha value is -4.45. The number of carbonyl (C=O) groups is 3. The molecule has 18 heteroatoms. The Morgan fingerprint density at radius 2 is 1.83 bits per heavy atom. The highest BCUT2D eigenvalue weighted by molar-refractivity contribution is 8.00. The van der Waals surface area contributed by atoms with E-state index in [0.717, 1.165) is 53.1 Å². The number of carbonyl (C=O) groups excluding carboxylic acids is 3. The summed E-state index contributed by atoms with van der Waals surface area (Å²) in [4.78, 5) is 56.7. The lowest BCUT2D eigenvalue weighted by atomic mass is 9.83. The molecule has 1 unspecified atom stereocenters. The number of thioether (sulfide) groups is 1. The van der Waals surface area contributed by atoms with E-state index in [-0.39, 0.29) is 32.4 Å². The summed E-state index contributed by atoms with van der Waals surface area (Å²) in [6.45, 7) is 10.2. The standard InChI is InChI=1S/C45H60ClFN8O6S2/c1-26(18-36(60-7)27(2)52-43-50-21-34(46)39(48-6)54-43)61-23-30-8-10-31(11-9-30)24-63-44(4,5)38(53-42(59)45(47)16-17-45)41(58)55-22-33(56)19-35(55)40(57)49-20-29-12-14-32(15-13-29)37-28(3)51-25-62-37/h12-15,18,21,25,30-31,33,35,38,56H,8-11,16-17,19-20,22-24H2,1-7H3,(H,49,57)(H,53,59)(H2,48,50,52,54)/b26-18+,36-27-/t30?,31?,33-,35+,38?/m1/s1. The average Bonchev–Trinajstić information content (AvgIpc) is 3.68. The molecule has 342 valence electrons. The number of hydrogen-bond donors (Lipinski definition) is 5. The van der Waals surface area contributed by atoms with Crippen LogP contribution in [0.3, 0.4) is 0 Å². The minimum absolute atomic E-state index is 0.0590. The number of halogens is 2. The molecule has 3 aromatic rings. The molecule has 3 atom stereocenters. The minimum atomic E-state index is -2.00. The predicted molar refractivity (Wildman–Crippen MR) is 247 cm³/mol. The number of β-amino-alcohol motifs (C(OH)–C–C–N with tert-alkyl or cyclic N) is 1. The molecule has 5 N–H and O–H groups in total. The van der Waals surface area contributed by atoms with Crippen molar-refractivity contribution in [2.75, 3.05) is 43.7 Å². The number of aryl methyl sites for hydroxylation is 1. The summed E-state index contributed by atoms with van der Waals surface area (Å²) < 4.78 is 26.0.